The van der Waals surface area contributed by atoms with Crippen molar-refractivity contribution < 1.29 is 9.53 Å². The van der Waals surface area contributed by atoms with Crippen LogP contribution in [0.5, 0.6) is 0 Å². The molecule has 0 aliphatic heterocycles. The third-order valence-corrected chi connectivity index (χ3v) is 4.37. The fraction of sp³-hybridized carbons (Fsp3) is 0.500. The SMILES string of the molecule is CC(C)(C)OC(=O)n1cc(Br)c2ccc(C3CCC3)nc21. The lowest BCUT2D eigenvalue weighted by molar-refractivity contribution is 0.0543. The van der Waals surface area contributed by atoms with Gasteiger partial charge < -0.3 is 4.74 Å². The zero-order valence-corrected chi connectivity index (χ0v) is 14.1. The highest BCUT2D eigenvalue weighted by atomic mass is 79.9. The molecule has 1 fully saturated rings. The number of hydrogen-bond acceptors (Lipinski definition) is 3. The minimum atomic E-state index is -0.522. The first-order chi connectivity index (χ1) is 9.85. The minimum Gasteiger partial charge on any atom is -0.443 e. The van der Waals surface area contributed by atoms with Gasteiger partial charge in [-0.25, -0.2) is 14.3 Å². The molecule has 0 spiro atoms. The summed E-state index contributed by atoms with van der Waals surface area (Å²) < 4.78 is 7.80. The van der Waals surface area contributed by atoms with Crippen LogP contribution in [0.25, 0.3) is 11.0 Å². The molecule has 0 amide bonds. The highest BCUT2D eigenvalue weighted by molar-refractivity contribution is 9.10. The summed E-state index contributed by atoms with van der Waals surface area (Å²) in [6, 6.07) is 4.09. The van der Waals surface area contributed by atoms with Gasteiger partial charge in [-0.15, -0.1) is 0 Å². The van der Waals surface area contributed by atoms with Crippen molar-refractivity contribution in [2.45, 2.75) is 51.6 Å². The van der Waals surface area contributed by atoms with Crippen LogP contribution < -0.4 is 0 Å². The van der Waals surface area contributed by atoms with Gasteiger partial charge in [0.05, 0.1) is 0 Å². The van der Waals surface area contributed by atoms with Gasteiger partial charge in [-0.1, -0.05) is 6.42 Å². The first-order valence-electron chi connectivity index (χ1n) is 7.26. The van der Waals surface area contributed by atoms with E-state index < -0.39 is 11.7 Å². The molecule has 1 aliphatic carbocycles. The number of halogens is 1. The second-order valence-electron chi connectivity index (χ2n) is 6.56. The summed E-state index contributed by atoms with van der Waals surface area (Å²) in [6.07, 6.45) is 4.98. The number of carbonyl (C=O) groups excluding carboxylic acids is 1. The van der Waals surface area contributed by atoms with Crippen molar-refractivity contribution in [2.24, 2.45) is 0 Å². The number of ether oxygens (including phenoxy) is 1. The Labute approximate surface area is 132 Å². The molecule has 2 heterocycles. The summed E-state index contributed by atoms with van der Waals surface area (Å²) in [5.74, 6) is 0.537. The van der Waals surface area contributed by atoms with E-state index in [-0.39, 0.29) is 0 Å². The second-order valence-corrected chi connectivity index (χ2v) is 7.42. The fourth-order valence-electron chi connectivity index (χ4n) is 2.46. The van der Waals surface area contributed by atoms with E-state index in [1.165, 1.54) is 23.8 Å². The van der Waals surface area contributed by atoms with E-state index in [1.54, 1.807) is 6.20 Å². The van der Waals surface area contributed by atoms with Crippen LogP contribution in [0.3, 0.4) is 0 Å². The Bertz CT molecular complexity index is 696. The molecule has 2 aromatic heterocycles. The van der Waals surface area contributed by atoms with Crippen LogP contribution in [-0.4, -0.2) is 21.2 Å². The Morgan fingerprint density at radius 1 is 1.38 bits per heavy atom. The van der Waals surface area contributed by atoms with Gasteiger partial charge in [-0.05, 0) is 61.7 Å². The fourth-order valence-corrected chi connectivity index (χ4v) is 2.97. The molecule has 0 N–H and O–H groups in total. The number of pyridine rings is 1. The smallest absolute Gasteiger partial charge is 0.420 e. The lowest BCUT2D eigenvalue weighted by atomic mass is 9.83. The van der Waals surface area contributed by atoms with Crippen molar-refractivity contribution in [3.8, 4) is 0 Å². The van der Waals surface area contributed by atoms with Crippen LogP contribution in [0, 0.1) is 0 Å². The lowest BCUT2D eigenvalue weighted by Crippen LogP contribution is -2.27. The molecule has 0 saturated heterocycles. The quantitative estimate of drug-likeness (QED) is 0.738. The lowest BCUT2D eigenvalue weighted by Gasteiger charge is -2.24. The molecule has 4 nitrogen and oxygen atoms in total. The van der Waals surface area contributed by atoms with Gasteiger partial charge in [0, 0.05) is 27.7 Å². The summed E-state index contributed by atoms with van der Waals surface area (Å²) in [7, 11) is 0. The summed E-state index contributed by atoms with van der Waals surface area (Å²) in [5.41, 5.74) is 1.22. The minimum absolute atomic E-state index is 0.392. The number of hydrogen-bond donors (Lipinski definition) is 0. The number of aromatic nitrogens is 2. The van der Waals surface area contributed by atoms with Crippen molar-refractivity contribution in [1.82, 2.24) is 9.55 Å². The zero-order chi connectivity index (χ0) is 15.2. The van der Waals surface area contributed by atoms with Crippen LogP contribution in [0.2, 0.25) is 0 Å². The standard InChI is InChI=1S/C16H19BrN2O2/c1-16(2,3)21-15(20)19-9-12(17)11-7-8-13(18-14(11)19)10-5-4-6-10/h7-10H,4-6H2,1-3H3. The second kappa shape index (κ2) is 5.13. The number of fused-ring (bicyclic) bond motifs is 1. The maximum atomic E-state index is 12.3. The highest BCUT2D eigenvalue weighted by Crippen LogP contribution is 2.36. The molecular weight excluding hydrogens is 332 g/mol. The molecule has 0 bridgehead atoms. The van der Waals surface area contributed by atoms with Gasteiger partial charge in [0.15, 0.2) is 5.65 Å². The zero-order valence-electron chi connectivity index (χ0n) is 12.5. The van der Waals surface area contributed by atoms with E-state index in [9.17, 15) is 4.79 Å². The van der Waals surface area contributed by atoms with Gasteiger partial charge in [0.25, 0.3) is 0 Å². The molecule has 0 radical (unpaired) electrons. The molecule has 1 saturated carbocycles. The van der Waals surface area contributed by atoms with E-state index in [1.807, 2.05) is 26.8 Å². The van der Waals surface area contributed by atoms with Gasteiger partial charge in [-0.3, -0.25) is 0 Å². The van der Waals surface area contributed by atoms with Crippen molar-refractivity contribution >= 4 is 33.1 Å². The Balaban J connectivity index is 2.03. The Morgan fingerprint density at radius 3 is 2.67 bits per heavy atom. The summed E-state index contributed by atoms with van der Waals surface area (Å²) in [6.45, 7) is 5.58. The van der Waals surface area contributed by atoms with Crippen LogP contribution >= 0.6 is 15.9 Å². The predicted molar refractivity (Wildman–Crippen MR) is 85.7 cm³/mol. The topological polar surface area (TPSA) is 44.1 Å². The van der Waals surface area contributed by atoms with Gasteiger partial charge in [0.2, 0.25) is 0 Å². The normalized spacial score (nSPS) is 16.0. The van der Waals surface area contributed by atoms with Crippen LogP contribution in [0.4, 0.5) is 4.79 Å². The van der Waals surface area contributed by atoms with Gasteiger partial charge in [-0.2, -0.15) is 0 Å². The summed E-state index contributed by atoms with van der Waals surface area (Å²) in [4.78, 5) is 17.0. The largest absolute Gasteiger partial charge is 0.443 e. The van der Waals surface area contributed by atoms with Gasteiger partial charge in [0.1, 0.15) is 5.60 Å². The Kier molecular flexibility index (Phi) is 3.56. The molecule has 0 atom stereocenters. The van der Waals surface area contributed by atoms with Crippen molar-refractivity contribution in [2.75, 3.05) is 0 Å². The molecule has 21 heavy (non-hydrogen) atoms. The molecular formula is C16H19BrN2O2. The first kappa shape index (κ1) is 14.6. The Morgan fingerprint density at radius 2 is 2.10 bits per heavy atom. The molecule has 2 aromatic rings. The number of rotatable bonds is 1. The van der Waals surface area contributed by atoms with Crippen molar-refractivity contribution in [3.63, 3.8) is 0 Å². The van der Waals surface area contributed by atoms with Crippen molar-refractivity contribution in [1.29, 1.82) is 0 Å². The van der Waals surface area contributed by atoms with E-state index >= 15 is 0 Å². The monoisotopic (exact) mass is 350 g/mol. The molecule has 5 heteroatoms. The molecule has 0 aromatic carbocycles. The maximum absolute atomic E-state index is 12.3. The van der Waals surface area contributed by atoms with Crippen LogP contribution in [0.15, 0.2) is 22.8 Å². The number of carbonyl (C=O) groups is 1. The molecule has 112 valence electrons. The van der Waals surface area contributed by atoms with Crippen LogP contribution in [-0.2, 0) is 4.74 Å². The van der Waals surface area contributed by atoms with Crippen LogP contribution in [0.1, 0.15) is 51.6 Å². The predicted octanol–water partition coefficient (Wildman–Crippen LogP) is 4.85. The van der Waals surface area contributed by atoms with E-state index in [0.29, 0.717) is 11.6 Å². The first-order valence-corrected chi connectivity index (χ1v) is 8.05. The highest BCUT2D eigenvalue weighted by Gasteiger charge is 2.24. The van der Waals surface area contributed by atoms with E-state index in [2.05, 4.69) is 22.0 Å². The Hall–Kier alpha value is -1.36. The average molecular weight is 351 g/mol. The van der Waals surface area contributed by atoms with E-state index in [0.717, 1.165) is 15.6 Å². The maximum Gasteiger partial charge on any atom is 0.420 e. The molecule has 1 aliphatic rings. The molecule has 3 rings (SSSR count). The molecule has 0 unspecified atom stereocenters. The number of nitrogens with zero attached hydrogens (tertiary/aromatic N) is 2. The van der Waals surface area contributed by atoms with E-state index in [4.69, 9.17) is 9.72 Å². The average Bonchev–Trinajstić information content (AvgIpc) is 2.62. The third kappa shape index (κ3) is 2.84. The third-order valence-electron chi connectivity index (χ3n) is 3.74. The summed E-state index contributed by atoms with van der Waals surface area (Å²) in [5, 5.41) is 0.934. The summed E-state index contributed by atoms with van der Waals surface area (Å²) >= 11 is 3.49. The van der Waals surface area contributed by atoms with Gasteiger partial charge >= 0.3 is 6.09 Å². The van der Waals surface area contributed by atoms with Crippen molar-refractivity contribution in [3.05, 3.63) is 28.5 Å².